The number of allylic oxidation sites excluding steroid dienone is 1. The molecular weight excluding hydrogens is 171 g/mol. The van der Waals surface area contributed by atoms with Gasteiger partial charge in [0, 0.05) is 5.54 Å². The first kappa shape index (κ1) is 9.75. The first-order valence-corrected chi connectivity index (χ1v) is 2.81. The van der Waals surface area contributed by atoms with Crippen molar-refractivity contribution in [3.63, 3.8) is 0 Å². The van der Waals surface area contributed by atoms with Gasteiger partial charge in [0.2, 0.25) is 6.17 Å². The van der Waals surface area contributed by atoms with E-state index in [4.69, 9.17) is 11.6 Å². The SMILES string of the molecule is CC(=CCl)C(F)C(F)(F)F. The highest BCUT2D eigenvalue weighted by Gasteiger charge is 2.40. The lowest BCUT2D eigenvalue weighted by Crippen LogP contribution is -2.24. The van der Waals surface area contributed by atoms with Crippen LogP contribution in [0.5, 0.6) is 0 Å². The standard InChI is InChI=1S/C5H5ClF4/c1-3(2-6)4(7)5(8,9)10/h2,4H,1H3. The Bertz CT molecular complexity index is 137. The minimum atomic E-state index is -4.84. The Morgan fingerprint density at radius 3 is 2.00 bits per heavy atom. The number of rotatable bonds is 1. The average molecular weight is 177 g/mol. The van der Waals surface area contributed by atoms with Gasteiger partial charge in [-0.2, -0.15) is 13.2 Å². The molecule has 0 radical (unpaired) electrons. The van der Waals surface area contributed by atoms with Gasteiger partial charge in [0.1, 0.15) is 0 Å². The summed E-state index contributed by atoms with van der Waals surface area (Å²) in [6.07, 6.45) is -7.78. The second-order valence-electron chi connectivity index (χ2n) is 1.76. The van der Waals surface area contributed by atoms with Crippen molar-refractivity contribution in [2.75, 3.05) is 0 Å². The van der Waals surface area contributed by atoms with Gasteiger partial charge in [0.25, 0.3) is 0 Å². The molecule has 0 nitrogen and oxygen atoms in total. The Balaban J connectivity index is 4.23. The maximum atomic E-state index is 12.0. The molecule has 1 atom stereocenters. The maximum absolute atomic E-state index is 12.0. The van der Waals surface area contributed by atoms with E-state index in [2.05, 4.69) is 0 Å². The smallest absolute Gasteiger partial charge is 0.233 e. The van der Waals surface area contributed by atoms with Crippen LogP contribution < -0.4 is 0 Å². The normalized spacial score (nSPS) is 17.2. The van der Waals surface area contributed by atoms with E-state index in [1.165, 1.54) is 0 Å². The summed E-state index contributed by atoms with van der Waals surface area (Å²) < 4.78 is 46.3. The molecule has 1 unspecified atom stereocenters. The molecule has 0 spiro atoms. The van der Waals surface area contributed by atoms with Gasteiger partial charge in [-0.1, -0.05) is 11.6 Å². The van der Waals surface area contributed by atoms with Crippen LogP contribution in [0.1, 0.15) is 6.92 Å². The fraction of sp³-hybridized carbons (Fsp3) is 0.600. The Labute approximate surface area is 60.5 Å². The molecule has 10 heavy (non-hydrogen) atoms. The zero-order valence-corrected chi connectivity index (χ0v) is 5.80. The fourth-order valence-corrected chi connectivity index (χ4v) is 0.424. The van der Waals surface area contributed by atoms with Crippen molar-refractivity contribution in [2.45, 2.75) is 19.3 Å². The molecule has 0 saturated heterocycles. The van der Waals surface area contributed by atoms with Crippen molar-refractivity contribution in [3.05, 3.63) is 11.1 Å². The van der Waals surface area contributed by atoms with Crippen LogP contribution in [0.15, 0.2) is 11.1 Å². The maximum Gasteiger partial charge on any atom is 0.423 e. The van der Waals surface area contributed by atoms with Gasteiger partial charge in [-0.15, -0.1) is 0 Å². The summed E-state index contributed by atoms with van der Waals surface area (Å²) in [5.74, 6) is 0. The predicted molar refractivity (Wildman–Crippen MR) is 30.6 cm³/mol. The van der Waals surface area contributed by atoms with Crippen LogP contribution in [-0.4, -0.2) is 12.3 Å². The summed E-state index contributed by atoms with van der Waals surface area (Å²) in [6, 6.07) is 0. The minimum absolute atomic E-state index is 0.533. The van der Waals surface area contributed by atoms with Crippen molar-refractivity contribution < 1.29 is 17.6 Å². The molecule has 0 heterocycles. The van der Waals surface area contributed by atoms with Gasteiger partial charge >= 0.3 is 6.18 Å². The highest BCUT2D eigenvalue weighted by Crippen LogP contribution is 2.28. The third kappa shape index (κ3) is 2.56. The fourth-order valence-electron chi connectivity index (χ4n) is 0.313. The van der Waals surface area contributed by atoms with Crippen LogP contribution >= 0.6 is 11.6 Å². The van der Waals surface area contributed by atoms with Crippen LogP contribution in [0, 0.1) is 0 Å². The van der Waals surface area contributed by atoms with E-state index in [-0.39, 0.29) is 0 Å². The topological polar surface area (TPSA) is 0 Å². The summed E-state index contributed by atoms with van der Waals surface area (Å²) in [6.45, 7) is 0.977. The third-order valence-corrected chi connectivity index (χ3v) is 1.20. The molecule has 0 bridgehead atoms. The molecule has 0 aromatic rings. The number of hydrogen-bond donors (Lipinski definition) is 0. The number of hydrogen-bond acceptors (Lipinski definition) is 0. The molecule has 60 valence electrons. The second-order valence-corrected chi connectivity index (χ2v) is 1.98. The molecule has 0 aliphatic heterocycles. The summed E-state index contributed by atoms with van der Waals surface area (Å²) in [7, 11) is 0. The number of halogens is 5. The van der Waals surface area contributed by atoms with Gasteiger partial charge in [-0.05, 0) is 12.5 Å². The molecule has 0 aliphatic rings. The van der Waals surface area contributed by atoms with Gasteiger partial charge in [-0.25, -0.2) is 4.39 Å². The minimum Gasteiger partial charge on any atom is -0.233 e. The van der Waals surface area contributed by atoms with E-state index in [0.717, 1.165) is 6.92 Å². The summed E-state index contributed by atoms with van der Waals surface area (Å²) in [5.41, 5.74) is 0.0483. The Kier molecular flexibility index (Phi) is 3.15. The van der Waals surface area contributed by atoms with Crippen molar-refractivity contribution in [1.82, 2.24) is 0 Å². The monoisotopic (exact) mass is 176 g/mol. The van der Waals surface area contributed by atoms with Crippen LogP contribution in [0.3, 0.4) is 0 Å². The van der Waals surface area contributed by atoms with Crippen LogP contribution in [0.4, 0.5) is 17.6 Å². The largest absolute Gasteiger partial charge is 0.423 e. The van der Waals surface area contributed by atoms with E-state index in [1.807, 2.05) is 0 Å². The van der Waals surface area contributed by atoms with Gasteiger partial charge in [0.05, 0.1) is 0 Å². The van der Waals surface area contributed by atoms with E-state index >= 15 is 0 Å². The van der Waals surface area contributed by atoms with Gasteiger partial charge < -0.3 is 0 Å². The Morgan fingerprint density at radius 1 is 1.50 bits per heavy atom. The Morgan fingerprint density at radius 2 is 1.90 bits per heavy atom. The zero-order valence-electron chi connectivity index (χ0n) is 5.04. The molecule has 0 saturated carbocycles. The summed E-state index contributed by atoms with van der Waals surface area (Å²) in [5, 5.41) is 0. The van der Waals surface area contributed by atoms with Crippen molar-refractivity contribution >= 4 is 11.6 Å². The molecule has 0 N–H and O–H groups in total. The highest BCUT2D eigenvalue weighted by atomic mass is 35.5. The first-order chi connectivity index (χ1) is 4.39. The van der Waals surface area contributed by atoms with E-state index < -0.39 is 17.9 Å². The van der Waals surface area contributed by atoms with E-state index in [1.54, 1.807) is 0 Å². The molecule has 0 fully saturated rings. The zero-order chi connectivity index (χ0) is 8.36. The lowest BCUT2D eigenvalue weighted by Gasteiger charge is -2.11. The van der Waals surface area contributed by atoms with Crippen molar-refractivity contribution in [1.29, 1.82) is 0 Å². The summed E-state index contributed by atoms with van der Waals surface area (Å²) >= 11 is 4.85. The van der Waals surface area contributed by atoms with Gasteiger partial charge in [-0.3, -0.25) is 0 Å². The number of alkyl halides is 4. The average Bonchev–Trinajstić information content (AvgIpc) is 1.83. The molecule has 0 rings (SSSR count). The van der Waals surface area contributed by atoms with Crippen LogP contribution in [0.2, 0.25) is 0 Å². The third-order valence-electron chi connectivity index (χ3n) is 0.859. The van der Waals surface area contributed by atoms with E-state index in [9.17, 15) is 17.6 Å². The molecule has 0 aliphatic carbocycles. The second kappa shape index (κ2) is 3.23. The predicted octanol–water partition coefficient (Wildman–Crippen LogP) is 3.03. The van der Waals surface area contributed by atoms with Gasteiger partial charge in [0.15, 0.2) is 0 Å². The van der Waals surface area contributed by atoms with Crippen LogP contribution in [0.25, 0.3) is 0 Å². The van der Waals surface area contributed by atoms with Crippen molar-refractivity contribution in [3.8, 4) is 0 Å². The Hall–Kier alpha value is -0.250. The van der Waals surface area contributed by atoms with Crippen molar-refractivity contribution in [2.24, 2.45) is 0 Å². The molecule has 0 aromatic carbocycles. The highest BCUT2D eigenvalue weighted by molar-refractivity contribution is 6.25. The quantitative estimate of drug-likeness (QED) is 0.539. The molecular formula is C5H5ClF4. The van der Waals surface area contributed by atoms with E-state index in [0.29, 0.717) is 5.54 Å². The first-order valence-electron chi connectivity index (χ1n) is 2.37. The molecule has 5 heteroatoms. The molecule has 0 amide bonds. The molecule has 0 aromatic heterocycles. The lowest BCUT2D eigenvalue weighted by molar-refractivity contribution is -0.169. The van der Waals surface area contributed by atoms with Crippen LogP contribution in [-0.2, 0) is 0 Å². The summed E-state index contributed by atoms with van der Waals surface area (Å²) in [4.78, 5) is 0. The lowest BCUT2D eigenvalue weighted by atomic mass is 10.2.